The highest BCUT2D eigenvalue weighted by Gasteiger charge is 2.22. The Kier molecular flexibility index (Phi) is 8.04. The first-order valence-electron chi connectivity index (χ1n) is 11.9. The molecule has 1 heterocycles. The van der Waals surface area contributed by atoms with Crippen LogP contribution >= 0.6 is 0 Å². The summed E-state index contributed by atoms with van der Waals surface area (Å²) in [5.41, 5.74) is 2.10. The van der Waals surface area contributed by atoms with Gasteiger partial charge in [0.1, 0.15) is 11.4 Å². The molecule has 8 heteroatoms. The van der Waals surface area contributed by atoms with Crippen LogP contribution in [0.2, 0.25) is 0 Å². The molecule has 1 aromatic heterocycles. The number of benzene rings is 2. The van der Waals surface area contributed by atoms with Crippen molar-refractivity contribution in [2.75, 3.05) is 13.1 Å². The van der Waals surface area contributed by atoms with Gasteiger partial charge in [-0.3, -0.25) is 13.9 Å². The van der Waals surface area contributed by atoms with Crippen molar-refractivity contribution in [3.8, 4) is 5.75 Å². The van der Waals surface area contributed by atoms with Crippen LogP contribution in [-0.4, -0.2) is 49.7 Å². The van der Waals surface area contributed by atoms with Crippen molar-refractivity contribution in [2.45, 2.75) is 52.1 Å². The van der Waals surface area contributed by atoms with Gasteiger partial charge in [-0.2, -0.15) is 0 Å². The van der Waals surface area contributed by atoms with Gasteiger partial charge in [0.15, 0.2) is 5.78 Å². The van der Waals surface area contributed by atoms with Crippen LogP contribution in [0.1, 0.15) is 56.0 Å². The number of unbranched alkanes of at least 4 members (excludes halogenated alkanes) is 1. The Morgan fingerprint density at radius 1 is 0.971 bits per heavy atom. The van der Waals surface area contributed by atoms with E-state index in [2.05, 4.69) is 0 Å². The summed E-state index contributed by atoms with van der Waals surface area (Å²) in [7, 11) is 3.40. The summed E-state index contributed by atoms with van der Waals surface area (Å²) < 4.78 is 8.65. The maximum Gasteiger partial charge on any atom is 0.410 e. The molecule has 0 spiro atoms. The molecule has 0 bridgehead atoms. The van der Waals surface area contributed by atoms with Gasteiger partial charge in [0.25, 0.3) is 0 Å². The highest BCUT2D eigenvalue weighted by molar-refractivity contribution is 5.99. The number of hydrogen-bond acceptors (Lipinski definition) is 5. The van der Waals surface area contributed by atoms with Crippen molar-refractivity contribution in [2.24, 2.45) is 14.1 Å². The minimum Gasteiger partial charge on any atom is -0.508 e. The number of carbonyl (C=O) groups is 2. The SMILES string of the molecule is Cn1c(=O)n(C)c2cc(C(=O)CCCCN(CCc3ccccc3O)C(=O)OC(C)(C)C)ccc21. The Morgan fingerprint density at radius 2 is 1.66 bits per heavy atom. The predicted molar refractivity (Wildman–Crippen MR) is 136 cm³/mol. The van der Waals surface area contributed by atoms with Gasteiger partial charge >= 0.3 is 11.8 Å². The number of ketones is 1. The highest BCUT2D eigenvalue weighted by Crippen LogP contribution is 2.19. The van der Waals surface area contributed by atoms with E-state index in [1.807, 2.05) is 32.9 Å². The zero-order valence-corrected chi connectivity index (χ0v) is 21.2. The largest absolute Gasteiger partial charge is 0.508 e. The molecule has 0 aliphatic heterocycles. The maximum absolute atomic E-state index is 12.8. The van der Waals surface area contributed by atoms with Crippen LogP contribution in [0, 0.1) is 0 Å². The smallest absolute Gasteiger partial charge is 0.410 e. The molecule has 0 radical (unpaired) electrons. The van der Waals surface area contributed by atoms with E-state index in [4.69, 9.17) is 4.74 Å². The molecule has 3 rings (SSSR count). The van der Waals surface area contributed by atoms with Gasteiger partial charge in [-0.25, -0.2) is 9.59 Å². The number of amides is 1. The normalized spacial score (nSPS) is 11.6. The van der Waals surface area contributed by atoms with Gasteiger partial charge in [-0.1, -0.05) is 18.2 Å². The number of aromatic hydroxyl groups is 1. The molecule has 0 aliphatic rings. The Morgan fingerprint density at radius 3 is 2.34 bits per heavy atom. The van der Waals surface area contributed by atoms with Crippen LogP contribution < -0.4 is 5.69 Å². The predicted octanol–water partition coefficient (Wildman–Crippen LogP) is 4.42. The lowest BCUT2D eigenvalue weighted by molar-refractivity contribution is 0.0249. The van der Waals surface area contributed by atoms with Crippen LogP contribution in [-0.2, 0) is 25.3 Å². The number of ether oxygens (including phenoxy) is 1. The highest BCUT2D eigenvalue weighted by atomic mass is 16.6. The number of nitrogens with zero attached hydrogens (tertiary/aromatic N) is 3. The quantitative estimate of drug-likeness (QED) is 0.361. The number of para-hydroxylation sites is 1. The van der Waals surface area contributed by atoms with Gasteiger partial charge in [0.2, 0.25) is 0 Å². The summed E-state index contributed by atoms with van der Waals surface area (Å²) in [5.74, 6) is 0.205. The molecular weight excluding hydrogens is 446 g/mol. The average Bonchev–Trinajstić information content (AvgIpc) is 3.01. The maximum atomic E-state index is 12.8. The van der Waals surface area contributed by atoms with Gasteiger partial charge < -0.3 is 14.7 Å². The minimum absolute atomic E-state index is 0.00114. The fourth-order valence-electron chi connectivity index (χ4n) is 4.01. The second kappa shape index (κ2) is 10.8. The van der Waals surface area contributed by atoms with Crippen molar-refractivity contribution in [3.63, 3.8) is 0 Å². The number of aryl methyl sites for hydroxylation is 2. The zero-order valence-electron chi connectivity index (χ0n) is 21.2. The van der Waals surface area contributed by atoms with E-state index in [0.29, 0.717) is 44.3 Å². The number of carbonyl (C=O) groups excluding carboxylic acids is 2. The molecule has 1 amide bonds. The molecule has 0 aliphatic carbocycles. The van der Waals surface area contributed by atoms with E-state index in [1.165, 1.54) is 4.57 Å². The van der Waals surface area contributed by atoms with Crippen molar-refractivity contribution in [1.82, 2.24) is 14.0 Å². The molecule has 0 fully saturated rings. The third-order valence-corrected chi connectivity index (χ3v) is 5.97. The van der Waals surface area contributed by atoms with Crippen LogP contribution in [0.25, 0.3) is 11.0 Å². The molecule has 188 valence electrons. The topological polar surface area (TPSA) is 93.8 Å². The average molecular weight is 482 g/mol. The number of aromatic nitrogens is 2. The van der Waals surface area contributed by atoms with Gasteiger partial charge in [0, 0.05) is 39.2 Å². The summed E-state index contributed by atoms with van der Waals surface area (Å²) in [6.07, 6.45) is 1.68. The lowest BCUT2D eigenvalue weighted by Crippen LogP contribution is -2.38. The molecule has 8 nitrogen and oxygen atoms in total. The molecule has 0 saturated heterocycles. The first-order valence-corrected chi connectivity index (χ1v) is 11.9. The van der Waals surface area contributed by atoms with E-state index in [-0.39, 0.29) is 17.2 Å². The summed E-state index contributed by atoms with van der Waals surface area (Å²) >= 11 is 0. The number of imidazole rings is 1. The van der Waals surface area contributed by atoms with E-state index in [1.54, 1.807) is 53.9 Å². The first kappa shape index (κ1) is 26.1. The van der Waals surface area contributed by atoms with Crippen molar-refractivity contribution >= 4 is 22.9 Å². The molecule has 2 aromatic carbocycles. The minimum atomic E-state index is -0.615. The third-order valence-electron chi connectivity index (χ3n) is 5.97. The van der Waals surface area contributed by atoms with Crippen molar-refractivity contribution in [3.05, 3.63) is 64.1 Å². The van der Waals surface area contributed by atoms with Crippen LogP contribution in [0.5, 0.6) is 5.75 Å². The summed E-state index contributed by atoms with van der Waals surface area (Å²) in [4.78, 5) is 39.3. The lowest BCUT2D eigenvalue weighted by atomic mass is 10.0. The molecule has 0 atom stereocenters. The zero-order chi connectivity index (χ0) is 25.8. The fraction of sp³-hybridized carbons (Fsp3) is 0.444. The molecule has 0 unspecified atom stereocenters. The molecule has 35 heavy (non-hydrogen) atoms. The molecule has 3 aromatic rings. The lowest BCUT2D eigenvalue weighted by Gasteiger charge is -2.27. The summed E-state index contributed by atoms with van der Waals surface area (Å²) in [6.45, 7) is 6.32. The van der Waals surface area contributed by atoms with Crippen LogP contribution in [0.3, 0.4) is 0 Å². The Balaban J connectivity index is 1.59. The van der Waals surface area contributed by atoms with Crippen LogP contribution in [0.4, 0.5) is 4.79 Å². The summed E-state index contributed by atoms with van der Waals surface area (Å²) in [6, 6.07) is 12.4. The number of phenolic OH excluding ortho intramolecular Hbond substituents is 1. The summed E-state index contributed by atoms with van der Waals surface area (Å²) in [5, 5.41) is 10.0. The van der Waals surface area contributed by atoms with E-state index >= 15 is 0 Å². The first-order chi connectivity index (χ1) is 16.5. The standard InChI is InChI=1S/C27H35N3O5/c1-27(2,3)35-26(34)30(17-15-19-10-6-7-11-23(19)31)16-9-8-12-24(32)20-13-14-21-22(18-20)29(5)25(33)28(21)4/h6-7,10-11,13-14,18,31H,8-9,12,15-17H2,1-5H3. The van der Waals surface area contributed by atoms with Crippen molar-refractivity contribution < 1.29 is 19.4 Å². The van der Waals surface area contributed by atoms with Crippen molar-refractivity contribution in [1.29, 1.82) is 0 Å². The monoisotopic (exact) mass is 481 g/mol. The second-order valence-corrected chi connectivity index (χ2v) is 9.83. The van der Waals surface area contributed by atoms with Crippen LogP contribution in [0.15, 0.2) is 47.3 Å². The number of Topliss-reactive ketones (excluding diaryl/α,β-unsaturated/α-hetero) is 1. The molecular formula is C27H35N3O5. The molecule has 1 N–H and O–H groups in total. The number of rotatable bonds is 9. The Labute approximate surface area is 205 Å². The second-order valence-electron chi connectivity index (χ2n) is 9.83. The van der Waals surface area contributed by atoms with E-state index in [9.17, 15) is 19.5 Å². The number of hydrogen-bond donors (Lipinski definition) is 1. The third kappa shape index (κ3) is 6.53. The molecule has 0 saturated carbocycles. The van der Waals surface area contributed by atoms with Gasteiger partial charge in [0.05, 0.1) is 11.0 Å². The van der Waals surface area contributed by atoms with E-state index < -0.39 is 11.7 Å². The van der Waals surface area contributed by atoms with E-state index in [0.717, 1.165) is 16.6 Å². The Bertz CT molecular complexity index is 1270. The van der Waals surface area contributed by atoms with Gasteiger partial charge in [-0.05, 0) is 69.9 Å². The number of fused-ring (bicyclic) bond motifs is 1. The van der Waals surface area contributed by atoms with Gasteiger partial charge in [-0.15, -0.1) is 0 Å². The number of phenols is 1. The Hall–Kier alpha value is -3.55. The fourth-order valence-corrected chi connectivity index (χ4v) is 4.01.